The molecule has 0 saturated heterocycles. The van der Waals surface area contributed by atoms with Gasteiger partial charge in [-0.05, 0) is 49.2 Å². The number of aryl methyl sites for hydroxylation is 1. The summed E-state index contributed by atoms with van der Waals surface area (Å²) < 4.78 is 11.1. The summed E-state index contributed by atoms with van der Waals surface area (Å²) in [6.07, 6.45) is 2.15. The van der Waals surface area contributed by atoms with Crippen molar-refractivity contribution >= 4 is 11.6 Å². The highest BCUT2D eigenvalue weighted by molar-refractivity contribution is 5.92. The third kappa shape index (κ3) is 5.66. The topological polar surface area (TPSA) is 47.6 Å². The number of carbonyl (C=O) groups is 1. The van der Waals surface area contributed by atoms with Gasteiger partial charge in [0.1, 0.15) is 11.5 Å². The van der Waals surface area contributed by atoms with Gasteiger partial charge < -0.3 is 14.8 Å². The van der Waals surface area contributed by atoms with E-state index in [1.807, 2.05) is 55.5 Å². The van der Waals surface area contributed by atoms with E-state index in [1.54, 1.807) is 0 Å². The molecule has 1 N–H and O–H groups in total. The molecule has 2 rings (SSSR count). The van der Waals surface area contributed by atoms with Gasteiger partial charge >= 0.3 is 0 Å². The maximum Gasteiger partial charge on any atom is 0.262 e. The number of amides is 1. The van der Waals surface area contributed by atoms with Gasteiger partial charge in [-0.2, -0.15) is 0 Å². The van der Waals surface area contributed by atoms with Gasteiger partial charge in [-0.25, -0.2) is 0 Å². The number of hydrogen-bond donors (Lipinski definition) is 1. The second kappa shape index (κ2) is 8.83. The lowest BCUT2D eigenvalue weighted by Crippen LogP contribution is -2.20. The molecular weight excluding hydrogens is 290 g/mol. The normalized spacial score (nSPS) is 10.2. The van der Waals surface area contributed by atoms with Gasteiger partial charge in [0, 0.05) is 5.69 Å². The minimum absolute atomic E-state index is 0.0234. The Morgan fingerprint density at radius 1 is 1.00 bits per heavy atom. The highest BCUT2D eigenvalue weighted by Crippen LogP contribution is 2.18. The predicted molar refractivity (Wildman–Crippen MR) is 92.1 cm³/mol. The molecule has 4 nitrogen and oxygen atoms in total. The molecule has 23 heavy (non-hydrogen) atoms. The summed E-state index contributed by atoms with van der Waals surface area (Å²) in [7, 11) is 0. The number of anilines is 1. The Hall–Kier alpha value is -2.49. The zero-order valence-corrected chi connectivity index (χ0v) is 13.7. The van der Waals surface area contributed by atoms with Crippen LogP contribution in [0.1, 0.15) is 25.3 Å². The van der Waals surface area contributed by atoms with Gasteiger partial charge in [0.15, 0.2) is 6.61 Å². The Morgan fingerprint density at radius 2 is 1.65 bits per heavy atom. The number of para-hydroxylation sites is 1. The number of ether oxygens (including phenoxy) is 2. The Bertz CT molecular complexity index is 623. The van der Waals surface area contributed by atoms with Crippen LogP contribution in [-0.4, -0.2) is 19.1 Å². The summed E-state index contributed by atoms with van der Waals surface area (Å²) in [5.74, 6) is 1.28. The lowest BCUT2D eigenvalue weighted by Gasteiger charge is -2.10. The van der Waals surface area contributed by atoms with E-state index in [0.717, 1.165) is 36.4 Å². The number of nitrogens with one attached hydrogen (secondary N) is 1. The van der Waals surface area contributed by atoms with Gasteiger partial charge in [0.2, 0.25) is 0 Å². The van der Waals surface area contributed by atoms with Crippen LogP contribution in [0.3, 0.4) is 0 Å². The summed E-state index contributed by atoms with van der Waals surface area (Å²) in [6.45, 7) is 4.77. The molecule has 122 valence electrons. The molecule has 1 amide bonds. The summed E-state index contributed by atoms with van der Waals surface area (Å²) >= 11 is 0. The van der Waals surface area contributed by atoms with Crippen LogP contribution >= 0.6 is 0 Å². The lowest BCUT2D eigenvalue weighted by molar-refractivity contribution is -0.118. The highest BCUT2D eigenvalue weighted by Gasteiger charge is 2.05. The maximum absolute atomic E-state index is 11.9. The fourth-order valence-electron chi connectivity index (χ4n) is 2.01. The second-order valence-corrected chi connectivity index (χ2v) is 5.33. The first-order chi connectivity index (χ1) is 11.2. The molecular formula is C19H23NO3. The first kappa shape index (κ1) is 16.9. The molecule has 2 aromatic carbocycles. The smallest absolute Gasteiger partial charge is 0.262 e. The molecule has 0 aliphatic carbocycles. The third-order valence-corrected chi connectivity index (χ3v) is 3.38. The average molecular weight is 313 g/mol. The number of hydrogen-bond acceptors (Lipinski definition) is 3. The van der Waals surface area contributed by atoms with Crippen LogP contribution in [0.5, 0.6) is 11.5 Å². The van der Waals surface area contributed by atoms with Crippen LogP contribution in [0.15, 0.2) is 48.5 Å². The first-order valence-corrected chi connectivity index (χ1v) is 7.90. The molecule has 0 aliphatic rings. The Balaban J connectivity index is 1.79. The van der Waals surface area contributed by atoms with Crippen molar-refractivity contribution in [2.75, 3.05) is 18.5 Å². The molecule has 0 heterocycles. The molecule has 0 radical (unpaired) electrons. The molecule has 0 saturated carbocycles. The zero-order chi connectivity index (χ0) is 16.5. The SMILES string of the molecule is CCCCOc1ccc(OCC(=O)Nc2ccccc2C)cc1. The molecule has 0 fully saturated rings. The molecule has 0 atom stereocenters. The fraction of sp³-hybridized carbons (Fsp3) is 0.316. The lowest BCUT2D eigenvalue weighted by atomic mass is 10.2. The molecule has 0 unspecified atom stereocenters. The van der Waals surface area contributed by atoms with Crippen molar-refractivity contribution < 1.29 is 14.3 Å². The fourth-order valence-corrected chi connectivity index (χ4v) is 2.01. The standard InChI is InChI=1S/C19H23NO3/c1-3-4-13-22-16-9-11-17(12-10-16)23-14-19(21)20-18-8-6-5-7-15(18)2/h5-12H,3-4,13-14H2,1-2H3,(H,20,21). The van der Waals surface area contributed by atoms with Crippen LogP contribution < -0.4 is 14.8 Å². The number of carbonyl (C=O) groups excluding carboxylic acids is 1. The van der Waals surface area contributed by atoms with Crippen molar-refractivity contribution in [3.8, 4) is 11.5 Å². The van der Waals surface area contributed by atoms with E-state index in [4.69, 9.17) is 9.47 Å². The first-order valence-electron chi connectivity index (χ1n) is 7.90. The Kier molecular flexibility index (Phi) is 6.48. The number of benzene rings is 2. The maximum atomic E-state index is 11.9. The van der Waals surface area contributed by atoms with Gasteiger partial charge in [-0.15, -0.1) is 0 Å². The predicted octanol–water partition coefficient (Wildman–Crippen LogP) is 4.19. The van der Waals surface area contributed by atoms with Crippen LogP contribution in [0.4, 0.5) is 5.69 Å². The summed E-state index contributed by atoms with van der Waals surface area (Å²) in [5, 5.41) is 2.84. The number of unbranched alkanes of at least 4 members (excludes halogenated alkanes) is 1. The summed E-state index contributed by atoms with van der Waals surface area (Å²) in [5.41, 5.74) is 1.83. The van der Waals surface area contributed by atoms with Crippen LogP contribution in [0.2, 0.25) is 0 Å². The van der Waals surface area contributed by atoms with Crippen molar-refractivity contribution in [1.82, 2.24) is 0 Å². The van der Waals surface area contributed by atoms with Crippen molar-refractivity contribution in [1.29, 1.82) is 0 Å². The van der Waals surface area contributed by atoms with E-state index >= 15 is 0 Å². The van der Waals surface area contributed by atoms with Crippen molar-refractivity contribution in [2.45, 2.75) is 26.7 Å². The molecule has 0 aromatic heterocycles. The number of rotatable bonds is 8. The monoisotopic (exact) mass is 313 g/mol. The zero-order valence-electron chi connectivity index (χ0n) is 13.7. The second-order valence-electron chi connectivity index (χ2n) is 5.33. The van der Waals surface area contributed by atoms with E-state index < -0.39 is 0 Å². The van der Waals surface area contributed by atoms with Gasteiger partial charge in [0.25, 0.3) is 5.91 Å². The largest absolute Gasteiger partial charge is 0.494 e. The van der Waals surface area contributed by atoms with Crippen molar-refractivity contribution in [3.63, 3.8) is 0 Å². The van der Waals surface area contributed by atoms with E-state index in [-0.39, 0.29) is 12.5 Å². The Morgan fingerprint density at radius 3 is 2.30 bits per heavy atom. The summed E-state index contributed by atoms with van der Waals surface area (Å²) in [4.78, 5) is 11.9. The summed E-state index contributed by atoms with van der Waals surface area (Å²) in [6, 6.07) is 15.0. The molecule has 4 heteroatoms. The molecule has 2 aromatic rings. The van der Waals surface area contributed by atoms with E-state index in [0.29, 0.717) is 5.75 Å². The third-order valence-electron chi connectivity index (χ3n) is 3.38. The van der Waals surface area contributed by atoms with Crippen molar-refractivity contribution in [2.24, 2.45) is 0 Å². The average Bonchev–Trinajstić information content (AvgIpc) is 2.56. The van der Waals surface area contributed by atoms with Gasteiger partial charge in [-0.1, -0.05) is 31.5 Å². The van der Waals surface area contributed by atoms with E-state index in [2.05, 4.69) is 12.2 Å². The quantitative estimate of drug-likeness (QED) is 0.743. The highest BCUT2D eigenvalue weighted by atomic mass is 16.5. The van der Waals surface area contributed by atoms with E-state index in [9.17, 15) is 4.79 Å². The van der Waals surface area contributed by atoms with Crippen LogP contribution in [0.25, 0.3) is 0 Å². The Labute approximate surface area is 137 Å². The molecule has 0 bridgehead atoms. The van der Waals surface area contributed by atoms with Crippen LogP contribution in [0, 0.1) is 6.92 Å². The van der Waals surface area contributed by atoms with Gasteiger partial charge in [-0.3, -0.25) is 4.79 Å². The van der Waals surface area contributed by atoms with Crippen molar-refractivity contribution in [3.05, 3.63) is 54.1 Å². The van der Waals surface area contributed by atoms with Gasteiger partial charge in [0.05, 0.1) is 6.61 Å². The van der Waals surface area contributed by atoms with E-state index in [1.165, 1.54) is 0 Å². The van der Waals surface area contributed by atoms with Crippen LogP contribution in [-0.2, 0) is 4.79 Å². The minimum Gasteiger partial charge on any atom is -0.494 e. The minimum atomic E-state index is -0.178. The molecule has 0 aliphatic heterocycles. The molecule has 0 spiro atoms.